The van der Waals surface area contributed by atoms with Crippen LogP contribution in [0.3, 0.4) is 0 Å². The molecule has 4 nitrogen and oxygen atoms in total. The van der Waals surface area contributed by atoms with Crippen LogP contribution in [-0.4, -0.2) is 44.8 Å². The lowest BCUT2D eigenvalue weighted by molar-refractivity contribution is 0.0710. The molecule has 0 aromatic heterocycles. The van der Waals surface area contributed by atoms with Gasteiger partial charge in [-0.05, 0) is 32.7 Å². The van der Waals surface area contributed by atoms with Gasteiger partial charge in [-0.25, -0.2) is 0 Å². The third-order valence-electron chi connectivity index (χ3n) is 3.37. The topological polar surface area (TPSA) is 46.6 Å². The van der Waals surface area contributed by atoms with Crippen LogP contribution in [0.5, 0.6) is 0 Å². The molecule has 3 atom stereocenters. The molecular formula is C9H17NO3S. The second kappa shape index (κ2) is 3.47. The summed E-state index contributed by atoms with van der Waals surface area (Å²) in [4.78, 5) is 2.36. The first-order chi connectivity index (χ1) is 6.46. The van der Waals surface area contributed by atoms with E-state index < -0.39 is 10.1 Å². The Morgan fingerprint density at radius 3 is 2.14 bits per heavy atom. The summed E-state index contributed by atoms with van der Waals surface area (Å²) in [5, 5.41) is 0. The van der Waals surface area contributed by atoms with Crippen molar-refractivity contribution in [2.24, 2.45) is 0 Å². The van der Waals surface area contributed by atoms with Crippen LogP contribution in [0.4, 0.5) is 0 Å². The first-order valence-electron chi connectivity index (χ1n) is 5.06. The van der Waals surface area contributed by atoms with E-state index in [1.165, 1.54) is 12.8 Å². The lowest BCUT2D eigenvalue weighted by Crippen LogP contribution is -2.43. The molecule has 2 aliphatic rings. The summed E-state index contributed by atoms with van der Waals surface area (Å²) in [6, 6.07) is 1.06. The maximum atomic E-state index is 11.0. The molecule has 0 aromatic rings. The molecule has 0 spiro atoms. The highest BCUT2D eigenvalue weighted by atomic mass is 32.2. The van der Waals surface area contributed by atoms with Crippen molar-refractivity contribution in [1.82, 2.24) is 4.90 Å². The van der Waals surface area contributed by atoms with Crippen molar-refractivity contribution >= 4 is 10.1 Å². The highest BCUT2D eigenvalue weighted by Crippen LogP contribution is 2.35. The smallest absolute Gasteiger partial charge is 0.264 e. The van der Waals surface area contributed by atoms with E-state index in [0.717, 1.165) is 19.1 Å². The molecule has 2 rings (SSSR count). The summed E-state index contributed by atoms with van der Waals surface area (Å²) in [7, 11) is -1.15. The molecule has 14 heavy (non-hydrogen) atoms. The molecular weight excluding hydrogens is 202 g/mol. The summed E-state index contributed by atoms with van der Waals surface area (Å²) >= 11 is 0. The molecule has 0 unspecified atom stereocenters. The fraction of sp³-hybridized carbons (Fsp3) is 1.00. The second-order valence-corrected chi connectivity index (χ2v) is 6.04. The average Bonchev–Trinajstić information content (AvgIpc) is 2.32. The number of piperidine rings is 1. The molecule has 2 aliphatic heterocycles. The molecule has 2 heterocycles. The first kappa shape index (κ1) is 10.4. The highest BCUT2D eigenvalue weighted by molar-refractivity contribution is 7.86. The SMILES string of the molecule is CN1[C@@H]2CC[C@H]1C[C@@H](OS(C)(=O)=O)C2. The molecule has 0 N–H and O–H groups in total. The van der Waals surface area contributed by atoms with Gasteiger partial charge in [-0.3, -0.25) is 4.18 Å². The first-order valence-corrected chi connectivity index (χ1v) is 6.87. The predicted molar refractivity (Wildman–Crippen MR) is 53.5 cm³/mol. The van der Waals surface area contributed by atoms with Crippen LogP contribution in [0.2, 0.25) is 0 Å². The van der Waals surface area contributed by atoms with Crippen LogP contribution < -0.4 is 0 Å². The Morgan fingerprint density at radius 1 is 1.21 bits per heavy atom. The summed E-state index contributed by atoms with van der Waals surface area (Å²) in [6.07, 6.45) is 5.14. The monoisotopic (exact) mass is 219 g/mol. The van der Waals surface area contributed by atoms with E-state index in [1.807, 2.05) is 0 Å². The summed E-state index contributed by atoms with van der Waals surface area (Å²) in [5.74, 6) is 0. The zero-order valence-corrected chi connectivity index (χ0v) is 9.46. The Hall–Kier alpha value is -0.130. The lowest BCUT2D eigenvalue weighted by Gasteiger charge is -2.35. The minimum Gasteiger partial charge on any atom is -0.300 e. The number of fused-ring (bicyclic) bond motifs is 2. The quantitative estimate of drug-likeness (QED) is 0.638. The summed E-state index contributed by atoms with van der Waals surface area (Å²) < 4.78 is 27.0. The molecule has 2 saturated heterocycles. The Morgan fingerprint density at radius 2 is 1.71 bits per heavy atom. The van der Waals surface area contributed by atoms with Crippen molar-refractivity contribution in [3.8, 4) is 0 Å². The second-order valence-electron chi connectivity index (χ2n) is 4.44. The van der Waals surface area contributed by atoms with Crippen molar-refractivity contribution in [2.75, 3.05) is 13.3 Å². The van der Waals surface area contributed by atoms with Crippen LogP contribution in [-0.2, 0) is 14.3 Å². The van der Waals surface area contributed by atoms with E-state index in [9.17, 15) is 8.42 Å². The van der Waals surface area contributed by atoms with Crippen molar-refractivity contribution in [2.45, 2.75) is 43.9 Å². The Balaban J connectivity index is 2.00. The van der Waals surface area contributed by atoms with Crippen molar-refractivity contribution in [3.63, 3.8) is 0 Å². The summed E-state index contributed by atoms with van der Waals surface area (Å²) in [5.41, 5.74) is 0. The van der Waals surface area contributed by atoms with Gasteiger partial charge in [-0.15, -0.1) is 0 Å². The molecule has 0 aromatic carbocycles. The van der Waals surface area contributed by atoms with Crippen LogP contribution in [0.25, 0.3) is 0 Å². The van der Waals surface area contributed by atoms with Gasteiger partial charge in [0.05, 0.1) is 12.4 Å². The standard InChI is InChI=1S/C9H17NO3S/c1-10-7-3-4-8(10)6-9(5-7)13-14(2,11)12/h7-9H,3-6H2,1-2H3/t7-,8+,9+. The van der Waals surface area contributed by atoms with Gasteiger partial charge in [0.15, 0.2) is 0 Å². The third-order valence-corrected chi connectivity index (χ3v) is 3.99. The molecule has 5 heteroatoms. The van der Waals surface area contributed by atoms with E-state index >= 15 is 0 Å². The largest absolute Gasteiger partial charge is 0.300 e. The molecule has 2 fully saturated rings. The molecule has 0 aliphatic carbocycles. The Labute approximate surface area is 85.4 Å². The van der Waals surface area contributed by atoms with Crippen molar-refractivity contribution < 1.29 is 12.6 Å². The molecule has 0 amide bonds. The molecule has 0 saturated carbocycles. The van der Waals surface area contributed by atoms with Crippen LogP contribution >= 0.6 is 0 Å². The minimum atomic E-state index is -3.28. The fourth-order valence-electron chi connectivity index (χ4n) is 2.69. The normalized spacial score (nSPS) is 38.9. The maximum Gasteiger partial charge on any atom is 0.264 e. The van der Waals surface area contributed by atoms with Crippen LogP contribution in [0, 0.1) is 0 Å². The number of rotatable bonds is 2. The third kappa shape index (κ3) is 2.10. The van der Waals surface area contributed by atoms with Crippen molar-refractivity contribution in [1.29, 1.82) is 0 Å². The number of hydrogen-bond acceptors (Lipinski definition) is 4. The van der Waals surface area contributed by atoms with Crippen LogP contribution in [0.1, 0.15) is 25.7 Å². The van der Waals surface area contributed by atoms with Gasteiger partial charge in [-0.1, -0.05) is 0 Å². The zero-order valence-electron chi connectivity index (χ0n) is 8.64. The van der Waals surface area contributed by atoms with Gasteiger partial charge in [0, 0.05) is 12.1 Å². The van der Waals surface area contributed by atoms with Gasteiger partial charge < -0.3 is 4.90 Å². The van der Waals surface area contributed by atoms with Gasteiger partial charge >= 0.3 is 0 Å². The van der Waals surface area contributed by atoms with Crippen molar-refractivity contribution in [3.05, 3.63) is 0 Å². The van der Waals surface area contributed by atoms with Gasteiger partial charge in [0.1, 0.15) is 0 Å². The van der Waals surface area contributed by atoms with E-state index in [0.29, 0.717) is 12.1 Å². The Bertz CT molecular complexity index is 300. The highest BCUT2D eigenvalue weighted by Gasteiger charge is 2.39. The molecule has 0 radical (unpaired) electrons. The fourth-order valence-corrected chi connectivity index (χ4v) is 3.34. The minimum absolute atomic E-state index is 0.0845. The molecule has 2 bridgehead atoms. The van der Waals surface area contributed by atoms with E-state index in [1.54, 1.807) is 0 Å². The number of nitrogens with zero attached hydrogens (tertiary/aromatic N) is 1. The van der Waals surface area contributed by atoms with Gasteiger partial charge in [-0.2, -0.15) is 8.42 Å². The van der Waals surface area contributed by atoms with E-state index in [2.05, 4.69) is 11.9 Å². The van der Waals surface area contributed by atoms with E-state index in [4.69, 9.17) is 4.18 Å². The van der Waals surface area contributed by atoms with Gasteiger partial charge in [0.2, 0.25) is 0 Å². The lowest BCUT2D eigenvalue weighted by atomic mass is 10.0. The Kier molecular flexibility index (Phi) is 2.57. The predicted octanol–water partition coefficient (Wildman–Crippen LogP) is 0.588. The maximum absolute atomic E-state index is 11.0. The zero-order chi connectivity index (χ0) is 10.3. The summed E-state index contributed by atoms with van der Waals surface area (Å²) in [6.45, 7) is 0. The number of hydrogen-bond donors (Lipinski definition) is 0. The van der Waals surface area contributed by atoms with Gasteiger partial charge in [0.25, 0.3) is 10.1 Å². The van der Waals surface area contributed by atoms with E-state index in [-0.39, 0.29) is 6.10 Å². The average molecular weight is 219 g/mol. The van der Waals surface area contributed by atoms with Crippen LogP contribution in [0.15, 0.2) is 0 Å². The molecule has 82 valence electrons.